The van der Waals surface area contributed by atoms with E-state index in [1.807, 2.05) is 44.2 Å². The molecule has 1 rings (SSSR count). The molecular formula is C10H14OS. The number of rotatable bonds is 3. The van der Waals surface area contributed by atoms with E-state index in [1.165, 1.54) is 0 Å². The highest BCUT2D eigenvalue weighted by atomic mass is 32.1. The Balaban J connectivity index is 2.82. The molecule has 0 N–H and O–H groups in total. The summed E-state index contributed by atoms with van der Waals surface area (Å²) in [6.07, 6.45) is 0. The van der Waals surface area contributed by atoms with Gasteiger partial charge in [-0.2, -0.15) is 0 Å². The van der Waals surface area contributed by atoms with Gasteiger partial charge in [-0.15, -0.1) is 12.6 Å². The highest BCUT2D eigenvalue weighted by molar-refractivity contribution is 7.81. The molecule has 0 radical (unpaired) electrons. The molecule has 0 saturated heterocycles. The fourth-order valence-corrected chi connectivity index (χ4v) is 1.39. The van der Waals surface area contributed by atoms with Gasteiger partial charge in [0.1, 0.15) is 4.93 Å². The third kappa shape index (κ3) is 2.26. The van der Waals surface area contributed by atoms with Crippen molar-refractivity contribution in [2.45, 2.75) is 18.8 Å². The molecule has 0 fully saturated rings. The molecule has 12 heavy (non-hydrogen) atoms. The SMILES string of the molecule is CCOC(C)(S)c1ccccc1. The molecular weight excluding hydrogens is 168 g/mol. The average Bonchev–Trinajstić information content (AvgIpc) is 2.06. The van der Waals surface area contributed by atoms with Gasteiger partial charge in [0.2, 0.25) is 0 Å². The van der Waals surface area contributed by atoms with Crippen LogP contribution in [0.15, 0.2) is 30.3 Å². The van der Waals surface area contributed by atoms with Crippen LogP contribution in [0.5, 0.6) is 0 Å². The summed E-state index contributed by atoms with van der Waals surface area (Å²) in [5.74, 6) is 0. The van der Waals surface area contributed by atoms with Crippen molar-refractivity contribution in [2.75, 3.05) is 6.61 Å². The van der Waals surface area contributed by atoms with Gasteiger partial charge in [-0.05, 0) is 19.4 Å². The monoisotopic (exact) mass is 182 g/mol. The third-order valence-electron chi connectivity index (χ3n) is 1.73. The van der Waals surface area contributed by atoms with Crippen LogP contribution < -0.4 is 0 Å². The zero-order valence-electron chi connectivity index (χ0n) is 7.45. The van der Waals surface area contributed by atoms with Crippen molar-refractivity contribution in [1.82, 2.24) is 0 Å². The molecule has 0 spiro atoms. The van der Waals surface area contributed by atoms with E-state index >= 15 is 0 Å². The van der Waals surface area contributed by atoms with Crippen molar-refractivity contribution in [3.63, 3.8) is 0 Å². The van der Waals surface area contributed by atoms with Gasteiger partial charge >= 0.3 is 0 Å². The minimum atomic E-state index is -0.462. The van der Waals surface area contributed by atoms with E-state index in [9.17, 15) is 0 Å². The Morgan fingerprint density at radius 3 is 2.42 bits per heavy atom. The van der Waals surface area contributed by atoms with Gasteiger partial charge in [0.25, 0.3) is 0 Å². The van der Waals surface area contributed by atoms with Crippen molar-refractivity contribution < 1.29 is 4.74 Å². The van der Waals surface area contributed by atoms with Crippen LogP contribution in [0, 0.1) is 0 Å². The van der Waals surface area contributed by atoms with E-state index in [1.54, 1.807) is 0 Å². The van der Waals surface area contributed by atoms with E-state index in [-0.39, 0.29) is 0 Å². The minimum absolute atomic E-state index is 0.462. The van der Waals surface area contributed by atoms with Crippen LogP contribution in [0.1, 0.15) is 19.4 Å². The summed E-state index contributed by atoms with van der Waals surface area (Å²) in [5.41, 5.74) is 1.09. The average molecular weight is 182 g/mol. The Labute approximate surface area is 79.2 Å². The first kappa shape index (κ1) is 9.62. The minimum Gasteiger partial charge on any atom is -0.361 e. The summed E-state index contributed by atoms with van der Waals surface area (Å²) in [4.78, 5) is -0.462. The van der Waals surface area contributed by atoms with E-state index in [0.717, 1.165) is 5.56 Å². The van der Waals surface area contributed by atoms with Crippen molar-refractivity contribution in [3.05, 3.63) is 35.9 Å². The zero-order chi connectivity index (χ0) is 9.03. The van der Waals surface area contributed by atoms with Gasteiger partial charge in [0.15, 0.2) is 0 Å². The lowest BCUT2D eigenvalue weighted by molar-refractivity contribution is 0.0481. The van der Waals surface area contributed by atoms with Crippen molar-refractivity contribution >= 4 is 12.6 Å². The lowest BCUT2D eigenvalue weighted by Gasteiger charge is -2.23. The molecule has 1 nitrogen and oxygen atoms in total. The summed E-state index contributed by atoms with van der Waals surface area (Å²) in [6, 6.07) is 10.00. The first-order valence-electron chi connectivity index (χ1n) is 4.08. The lowest BCUT2D eigenvalue weighted by atomic mass is 10.1. The number of hydrogen-bond acceptors (Lipinski definition) is 2. The maximum absolute atomic E-state index is 5.48. The summed E-state index contributed by atoms with van der Waals surface area (Å²) in [7, 11) is 0. The number of hydrogen-bond donors (Lipinski definition) is 1. The molecule has 0 amide bonds. The molecule has 0 heterocycles. The molecule has 0 bridgehead atoms. The van der Waals surface area contributed by atoms with Crippen LogP contribution in [-0.4, -0.2) is 6.61 Å². The second-order valence-electron chi connectivity index (χ2n) is 2.78. The standard InChI is InChI=1S/C10H14OS/c1-3-11-10(2,12)9-7-5-4-6-8-9/h4-8,12H,3H2,1-2H3. The Kier molecular flexibility index (Phi) is 3.18. The molecule has 0 aliphatic heterocycles. The Hall–Kier alpha value is -0.470. The first-order chi connectivity index (χ1) is 5.67. The quantitative estimate of drug-likeness (QED) is 0.558. The van der Waals surface area contributed by atoms with Crippen LogP contribution >= 0.6 is 12.6 Å². The molecule has 1 aromatic carbocycles. The van der Waals surface area contributed by atoms with Crippen molar-refractivity contribution in [2.24, 2.45) is 0 Å². The van der Waals surface area contributed by atoms with Crippen LogP contribution in [0.25, 0.3) is 0 Å². The van der Waals surface area contributed by atoms with Crippen LogP contribution in [-0.2, 0) is 9.67 Å². The second-order valence-corrected chi connectivity index (χ2v) is 3.64. The molecule has 0 saturated carbocycles. The van der Waals surface area contributed by atoms with E-state index < -0.39 is 4.93 Å². The molecule has 1 atom stereocenters. The summed E-state index contributed by atoms with van der Waals surface area (Å²) < 4.78 is 5.48. The summed E-state index contributed by atoms with van der Waals surface area (Å²) >= 11 is 4.43. The third-order valence-corrected chi connectivity index (χ3v) is 2.12. The normalized spacial score (nSPS) is 15.6. The van der Waals surface area contributed by atoms with E-state index in [2.05, 4.69) is 12.6 Å². The van der Waals surface area contributed by atoms with Gasteiger partial charge in [-0.1, -0.05) is 30.3 Å². The lowest BCUT2D eigenvalue weighted by Crippen LogP contribution is -2.18. The largest absolute Gasteiger partial charge is 0.361 e. The first-order valence-corrected chi connectivity index (χ1v) is 4.53. The molecule has 0 aromatic heterocycles. The second kappa shape index (κ2) is 3.97. The molecule has 66 valence electrons. The van der Waals surface area contributed by atoms with E-state index in [0.29, 0.717) is 6.61 Å². The maximum Gasteiger partial charge on any atom is 0.133 e. The topological polar surface area (TPSA) is 9.23 Å². The number of ether oxygens (including phenoxy) is 1. The van der Waals surface area contributed by atoms with Gasteiger partial charge < -0.3 is 4.74 Å². The van der Waals surface area contributed by atoms with Gasteiger partial charge in [0, 0.05) is 6.61 Å². The molecule has 2 heteroatoms. The van der Waals surface area contributed by atoms with Crippen molar-refractivity contribution in [1.29, 1.82) is 0 Å². The molecule has 1 unspecified atom stereocenters. The Morgan fingerprint density at radius 2 is 1.92 bits per heavy atom. The highest BCUT2D eigenvalue weighted by Crippen LogP contribution is 2.28. The summed E-state index contributed by atoms with van der Waals surface area (Å²) in [6.45, 7) is 4.60. The van der Waals surface area contributed by atoms with Crippen LogP contribution in [0.3, 0.4) is 0 Å². The van der Waals surface area contributed by atoms with E-state index in [4.69, 9.17) is 4.74 Å². The number of benzene rings is 1. The highest BCUT2D eigenvalue weighted by Gasteiger charge is 2.20. The van der Waals surface area contributed by atoms with Crippen LogP contribution in [0.4, 0.5) is 0 Å². The van der Waals surface area contributed by atoms with Gasteiger partial charge in [0.05, 0.1) is 0 Å². The van der Waals surface area contributed by atoms with Gasteiger partial charge in [-0.3, -0.25) is 0 Å². The predicted molar refractivity (Wildman–Crippen MR) is 54.4 cm³/mol. The molecule has 0 aliphatic rings. The molecule has 1 aromatic rings. The van der Waals surface area contributed by atoms with Crippen LogP contribution in [0.2, 0.25) is 0 Å². The Morgan fingerprint density at radius 1 is 1.33 bits per heavy atom. The fraction of sp³-hybridized carbons (Fsp3) is 0.400. The maximum atomic E-state index is 5.48. The van der Waals surface area contributed by atoms with Gasteiger partial charge in [-0.25, -0.2) is 0 Å². The summed E-state index contributed by atoms with van der Waals surface area (Å²) in [5, 5.41) is 0. The fourth-order valence-electron chi connectivity index (χ4n) is 1.11. The molecule has 0 aliphatic carbocycles. The number of thiol groups is 1. The smallest absolute Gasteiger partial charge is 0.133 e. The Bertz CT molecular complexity index is 231. The predicted octanol–water partition coefficient (Wildman–Crippen LogP) is 2.83. The zero-order valence-corrected chi connectivity index (χ0v) is 8.34. The van der Waals surface area contributed by atoms with Crippen molar-refractivity contribution in [3.8, 4) is 0 Å².